The highest BCUT2D eigenvalue weighted by atomic mass is 79.9. The zero-order valence-electron chi connectivity index (χ0n) is 10.2. The summed E-state index contributed by atoms with van der Waals surface area (Å²) in [5, 5.41) is 0. The molecule has 0 spiro atoms. The summed E-state index contributed by atoms with van der Waals surface area (Å²) in [4.78, 5) is 2.54. The second-order valence-corrected chi connectivity index (χ2v) is 5.73. The highest BCUT2D eigenvalue weighted by Gasteiger charge is 2.29. The van der Waals surface area contributed by atoms with E-state index < -0.39 is 0 Å². The molecule has 0 bridgehead atoms. The minimum Gasteiger partial charge on any atom is -0.292 e. The van der Waals surface area contributed by atoms with Crippen molar-refractivity contribution in [2.75, 3.05) is 6.54 Å². The average Bonchev–Trinajstić information content (AvgIpc) is 2.36. The number of hydrogen-bond donors (Lipinski definition) is 0. The molecule has 18 heavy (non-hydrogen) atoms. The second-order valence-electron chi connectivity index (χ2n) is 4.82. The molecule has 92 valence electrons. The van der Waals surface area contributed by atoms with Gasteiger partial charge in [-0.3, -0.25) is 4.90 Å². The van der Waals surface area contributed by atoms with Gasteiger partial charge >= 0.3 is 0 Å². The highest BCUT2D eigenvalue weighted by Crippen LogP contribution is 2.35. The van der Waals surface area contributed by atoms with Crippen LogP contribution in [0.2, 0.25) is 0 Å². The fourth-order valence-electron chi connectivity index (χ4n) is 2.54. The Balaban J connectivity index is 1.72. The first kappa shape index (κ1) is 11.9. The maximum Gasteiger partial charge on any atom is 0.0364 e. The molecule has 1 aliphatic rings. The van der Waals surface area contributed by atoms with Crippen molar-refractivity contribution in [2.24, 2.45) is 0 Å². The number of benzene rings is 2. The zero-order valence-corrected chi connectivity index (χ0v) is 11.8. The predicted molar refractivity (Wildman–Crippen MR) is 78.4 cm³/mol. The summed E-state index contributed by atoms with van der Waals surface area (Å²) in [5.41, 5.74) is 2.82. The van der Waals surface area contributed by atoms with Crippen LogP contribution in [0.15, 0.2) is 59.1 Å². The van der Waals surface area contributed by atoms with Gasteiger partial charge in [-0.25, -0.2) is 0 Å². The quantitative estimate of drug-likeness (QED) is 0.812. The van der Waals surface area contributed by atoms with E-state index in [1.54, 1.807) is 0 Å². The first-order valence-corrected chi connectivity index (χ1v) is 7.16. The Morgan fingerprint density at radius 1 is 1.06 bits per heavy atom. The molecular formula is C16H16BrN. The molecule has 0 N–H and O–H groups in total. The van der Waals surface area contributed by atoms with Crippen LogP contribution < -0.4 is 0 Å². The maximum atomic E-state index is 3.55. The van der Waals surface area contributed by atoms with E-state index in [2.05, 4.69) is 75.4 Å². The minimum atomic E-state index is 0.586. The smallest absolute Gasteiger partial charge is 0.0364 e. The van der Waals surface area contributed by atoms with E-state index in [4.69, 9.17) is 0 Å². The van der Waals surface area contributed by atoms with Crippen LogP contribution in [0, 0.1) is 0 Å². The third kappa shape index (κ3) is 2.50. The molecule has 1 fully saturated rings. The molecule has 0 aliphatic carbocycles. The molecule has 2 aromatic rings. The normalized spacial score (nSPS) is 19.5. The van der Waals surface area contributed by atoms with E-state index >= 15 is 0 Å². The molecule has 0 amide bonds. The molecule has 0 saturated carbocycles. The van der Waals surface area contributed by atoms with Gasteiger partial charge in [-0.05, 0) is 29.7 Å². The molecule has 1 aliphatic heterocycles. The largest absolute Gasteiger partial charge is 0.292 e. The lowest BCUT2D eigenvalue weighted by molar-refractivity contribution is 0.0819. The van der Waals surface area contributed by atoms with Crippen molar-refractivity contribution in [1.82, 2.24) is 4.90 Å². The summed E-state index contributed by atoms with van der Waals surface area (Å²) in [6.45, 7) is 2.25. The van der Waals surface area contributed by atoms with Crippen LogP contribution >= 0.6 is 15.9 Å². The van der Waals surface area contributed by atoms with Crippen molar-refractivity contribution in [1.29, 1.82) is 0 Å². The van der Waals surface area contributed by atoms with Gasteiger partial charge in [-0.1, -0.05) is 58.4 Å². The van der Waals surface area contributed by atoms with Crippen molar-refractivity contribution < 1.29 is 0 Å². The molecular weight excluding hydrogens is 286 g/mol. The number of hydrogen-bond acceptors (Lipinski definition) is 1. The molecule has 1 atom stereocenters. The van der Waals surface area contributed by atoms with Crippen LogP contribution in [0.1, 0.15) is 23.6 Å². The zero-order chi connectivity index (χ0) is 12.4. The Kier molecular flexibility index (Phi) is 3.48. The van der Waals surface area contributed by atoms with Gasteiger partial charge in [0.2, 0.25) is 0 Å². The Bertz CT molecular complexity index is 524. The number of rotatable bonds is 3. The van der Waals surface area contributed by atoms with Crippen LogP contribution in [0.25, 0.3) is 0 Å². The van der Waals surface area contributed by atoms with Crippen LogP contribution in [0.5, 0.6) is 0 Å². The standard InChI is InChI=1S/C16H16BrN/c17-15-8-4-7-14(11-15)16-9-10-18(16)12-13-5-2-1-3-6-13/h1-8,11,16H,9-10,12H2. The van der Waals surface area contributed by atoms with Gasteiger partial charge in [-0.15, -0.1) is 0 Å². The van der Waals surface area contributed by atoms with Gasteiger partial charge < -0.3 is 0 Å². The van der Waals surface area contributed by atoms with Gasteiger partial charge in [0.05, 0.1) is 0 Å². The van der Waals surface area contributed by atoms with Crippen molar-refractivity contribution in [3.63, 3.8) is 0 Å². The number of halogens is 1. The van der Waals surface area contributed by atoms with Gasteiger partial charge in [0.25, 0.3) is 0 Å². The topological polar surface area (TPSA) is 3.24 Å². The molecule has 2 aromatic carbocycles. The fraction of sp³-hybridized carbons (Fsp3) is 0.250. The van der Waals surface area contributed by atoms with E-state index in [-0.39, 0.29) is 0 Å². The third-order valence-electron chi connectivity index (χ3n) is 3.59. The van der Waals surface area contributed by atoms with Crippen LogP contribution in [-0.4, -0.2) is 11.4 Å². The summed E-state index contributed by atoms with van der Waals surface area (Å²) in [6, 6.07) is 20.0. The van der Waals surface area contributed by atoms with E-state index in [9.17, 15) is 0 Å². The molecule has 0 aromatic heterocycles. The lowest BCUT2D eigenvalue weighted by Gasteiger charge is -2.41. The van der Waals surface area contributed by atoms with E-state index in [0.717, 1.165) is 6.54 Å². The monoisotopic (exact) mass is 301 g/mol. The Morgan fingerprint density at radius 2 is 1.89 bits per heavy atom. The maximum absolute atomic E-state index is 3.55. The van der Waals surface area contributed by atoms with E-state index in [1.165, 1.54) is 28.6 Å². The van der Waals surface area contributed by atoms with E-state index in [1.807, 2.05) is 0 Å². The summed E-state index contributed by atoms with van der Waals surface area (Å²) in [7, 11) is 0. The van der Waals surface area contributed by atoms with E-state index in [0.29, 0.717) is 6.04 Å². The van der Waals surface area contributed by atoms with Crippen LogP contribution in [0.3, 0.4) is 0 Å². The first-order chi connectivity index (χ1) is 8.83. The molecule has 1 nitrogen and oxygen atoms in total. The highest BCUT2D eigenvalue weighted by molar-refractivity contribution is 9.10. The number of likely N-dealkylation sites (tertiary alicyclic amines) is 1. The lowest BCUT2D eigenvalue weighted by Crippen LogP contribution is -2.40. The predicted octanol–water partition coefficient (Wildman–Crippen LogP) is 4.40. The summed E-state index contributed by atoms with van der Waals surface area (Å²) < 4.78 is 1.17. The Hall–Kier alpha value is -1.12. The third-order valence-corrected chi connectivity index (χ3v) is 4.09. The first-order valence-electron chi connectivity index (χ1n) is 6.36. The minimum absolute atomic E-state index is 0.586. The molecule has 0 radical (unpaired) electrons. The van der Waals surface area contributed by atoms with Crippen LogP contribution in [-0.2, 0) is 6.54 Å². The van der Waals surface area contributed by atoms with Crippen molar-refractivity contribution in [3.8, 4) is 0 Å². The molecule has 1 saturated heterocycles. The summed E-state index contributed by atoms with van der Waals surface area (Å²) in [5.74, 6) is 0. The number of nitrogens with zero attached hydrogens (tertiary/aromatic N) is 1. The Morgan fingerprint density at radius 3 is 2.56 bits per heavy atom. The van der Waals surface area contributed by atoms with Crippen molar-refractivity contribution in [2.45, 2.75) is 19.0 Å². The Labute approximate surface area is 117 Å². The fourth-order valence-corrected chi connectivity index (χ4v) is 2.96. The van der Waals surface area contributed by atoms with Gasteiger partial charge in [0.1, 0.15) is 0 Å². The molecule has 1 heterocycles. The molecule has 1 unspecified atom stereocenters. The SMILES string of the molecule is Brc1cccc(C2CCN2Cc2ccccc2)c1. The van der Waals surface area contributed by atoms with Crippen molar-refractivity contribution in [3.05, 3.63) is 70.2 Å². The van der Waals surface area contributed by atoms with Gasteiger partial charge in [-0.2, -0.15) is 0 Å². The van der Waals surface area contributed by atoms with Gasteiger partial charge in [0.15, 0.2) is 0 Å². The van der Waals surface area contributed by atoms with Crippen molar-refractivity contribution >= 4 is 15.9 Å². The van der Waals surface area contributed by atoms with Gasteiger partial charge in [0, 0.05) is 23.6 Å². The molecule has 2 heteroatoms. The second kappa shape index (κ2) is 5.25. The van der Waals surface area contributed by atoms with Crippen LogP contribution in [0.4, 0.5) is 0 Å². The summed E-state index contributed by atoms with van der Waals surface area (Å²) in [6.07, 6.45) is 1.27. The summed E-state index contributed by atoms with van der Waals surface area (Å²) >= 11 is 3.55. The average molecular weight is 302 g/mol. The lowest BCUT2D eigenvalue weighted by atomic mass is 9.94. The molecule has 3 rings (SSSR count).